The second kappa shape index (κ2) is 4.09. The molecule has 1 amide bonds. The fourth-order valence-corrected chi connectivity index (χ4v) is 4.01. The normalized spacial score (nSPS) is 38.9. The monoisotopic (exact) mass is 263 g/mol. The Morgan fingerprint density at radius 1 is 1.21 bits per heavy atom. The molecular formula is C15H21NO3. The summed E-state index contributed by atoms with van der Waals surface area (Å²) in [4.78, 5) is 26.0. The Balaban J connectivity index is 1.80. The Morgan fingerprint density at radius 2 is 1.84 bits per heavy atom. The van der Waals surface area contributed by atoms with E-state index in [1.54, 1.807) is 0 Å². The van der Waals surface area contributed by atoms with Crippen LogP contribution in [0.15, 0.2) is 12.2 Å². The molecule has 3 rings (SSSR count). The summed E-state index contributed by atoms with van der Waals surface area (Å²) in [6, 6.07) is 0. The molecule has 1 saturated heterocycles. The quantitative estimate of drug-likeness (QED) is 0.772. The first-order valence-electron chi connectivity index (χ1n) is 7.09. The lowest BCUT2D eigenvalue weighted by atomic mass is 9.82. The van der Waals surface area contributed by atoms with Crippen molar-refractivity contribution in [2.45, 2.75) is 26.7 Å². The van der Waals surface area contributed by atoms with Crippen LogP contribution >= 0.6 is 0 Å². The maximum Gasteiger partial charge on any atom is 0.307 e. The zero-order valence-electron chi connectivity index (χ0n) is 11.5. The predicted molar refractivity (Wildman–Crippen MR) is 70.3 cm³/mol. The molecule has 0 aromatic heterocycles. The van der Waals surface area contributed by atoms with Crippen LogP contribution in [0, 0.1) is 29.1 Å². The van der Waals surface area contributed by atoms with Crippen molar-refractivity contribution in [3.63, 3.8) is 0 Å². The van der Waals surface area contributed by atoms with E-state index in [0.29, 0.717) is 0 Å². The molecule has 0 spiro atoms. The Labute approximate surface area is 113 Å². The zero-order valence-corrected chi connectivity index (χ0v) is 11.5. The lowest BCUT2D eigenvalue weighted by Gasteiger charge is -2.29. The van der Waals surface area contributed by atoms with E-state index < -0.39 is 11.9 Å². The first-order chi connectivity index (χ1) is 8.89. The summed E-state index contributed by atoms with van der Waals surface area (Å²) in [6.07, 6.45) is 5.88. The van der Waals surface area contributed by atoms with Gasteiger partial charge >= 0.3 is 5.97 Å². The number of nitrogens with zero attached hydrogens (tertiary/aromatic N) is 1. The highest BCUT2D eigenvalue weighted by atomic mass is 16.4. The third-order valence-electron chi connectivity index (χ3n) is 5.02. The number of carbonyl (C=O) groups excluding carboxylic acids is 1. The van der Waals surface area contributed by atoms with Gasteiger partial charge in [0, 0.05) is 13.1 Å². The Morgan fingerprint density at radius 3 is 2.37 bits per heavy atom. The Hall–Kier alpha value is -1.32. The van der Waals surface area contributed by atoms with E-state index in [1.165, 1.54) is 0 Å². The zero-order chi connectivity index (χ0) is 13.8. The number of carboxylic acids is 1. The molecule has 2 aliphatic carbocycles. The van der Waals surface area contributed by atoms with Crippen LogP contribution in [0.2, 0.25) is 0 Å². The van der Waals surface area contributed by atoms with Gasteiger partial charge in [-0.25, -0.2) is 0 Å². The highest BCUT2D eigenvalue weighted by molar-refractivity contribution is 5.87. The molecule has 19 heavy (non-hydrogen) atoms. The number of aliphatic carboxylic acids is 1. The number of rotatable bonds is 2. The smallest absolute Gasteiger partial charge is 0.307 e. The molecule has 3 aliphatic rings. The first kappa shape index (κ1) is 12.7. The maximum atomic E-state index is 12.7. The maximum absolute atomic E-state index is 12.7. The second-order valence-corrected chi connectivity index (χ2v) is 7.01. The molecule has 4 atom stereocenters. The van der Waals surface area contributed by atoms with Crippen molar-refractivity contribution in [3.8, 4) is 0 Å². The molecule has 2 unspecified atom stereocenters. The van der Waals surface area contributed by atoms with E-state index >= 15 is 0 Å². The van der Waals surface area contributed by atoms with Gasteiger partial charge in [0.05, 0.1) is 11.8 Å². The van der Waals surface area contributed by atoms with Crippen molar-refractivity contribution in [3.05, 3.63) is 12.2 Å². The second-order valence-electron chi connectivity index (χ2n) is 7.01. The SMILES string of the molecule is CC1(C)CCN(C(=O)[C@H]2C3C=CC(C3)[C@H]2C(=O)O)C1. The molecule has 1 aliphatic heterocycles. The van der Waals surface area contributed by atoms with Crippen molar-refractivity contribution in [1.29, 1.82) is 0 Å². The number of carbonyl (C=O) groups is 2. The largest absolute Gasteiger partial charge is 0.481 e. The molecular weight excluding hydrogens is 242 g/mol. The van der Waals surface area contributed by atoms with Gasteiger partial charge in [0.25, 0.3) is 0 Å². The number of fused-ring (bicyclic) bond motifs is 2. The average molecular weight is 263 g/mol. The summed E-state index contributed by atoms with van der Waals surface area (Å²) in [7, 11) is 0. The predicted octanol–water partition coefficient (Wildman–Crippen LogP) is 1.77. The summed E-state index contributed by atoms with van der Waals surface area (Å²) < 4.78 is 0. The Bertz CT molecular complexity index is 454. The third kappa shape index (κ3) is 1.97. The highest BCUT2D eigenvalue weighted by Crippen LogP contribution is 2.49. The minimum absolute atomic E-state index is 0.0621. The standard InChI is InChI=1S/C15H21NO3/c1-15(2)5-6-16(8-15)13(17)11-9-3-4-10(7-9)12(11)14(18)19/h3-4,9-12H,5-8H2,1-2H3,(H,18,19)/t9?,10?,11-,12+/m0/s1. The molecule has 0 aromatic rings. The van der Waals surface area contributed by atoms with Gasteiger partial charge in [0.15, 0.2) is 0 Å². The average Bonchev–Trinajstić information content (AvgIpc) is 3.00. The summed E-state index contributed by atoms with van der Waals surface area (Å²) in [5.41, 5.74) is 0.168. The minimum Gasteiger partial charge on any atom is -0.481 e. The van der Waals surface area contributed by atoms with Crippen LogP contribution in [0.25, 0.3) is 0 Å². The highest BCUT2D eigenvalue weighted by Gasteiger charge is 2.53. The van der Waals surface area contributed by atoms with Crippen LogP contribution in [0.4, 0.5) is 0 Å². The van der Waals surface area contributed by atoms with Gasteiger partial charge in [0.2, 0.25) is 5.91 Å². The molecule has 1 N–H and O–H groups in total. The van der Waals surface area contributed by atoms with E-state index in [-0.39, 0.29) is 29.1 Å². The van der Waals surface area contributed by atoms with Crippen molar-refractivity contribution in [1.82, 2.24) is 4.90 Å². The van der Waals surface area contributed by atoms with Crippen molar-refractivity contribution in [2.75, 3.05) is 13.1 Å². The number of likely N-dealkylation sites (tertiary alicyclic amines) is 1. The molecule has 2 fully saturated rings. The van der Waals surface area contributed by atoms with Gasteiger partial charge in [-0.3, -0.25) is 9.59 Å². The number of hydrogen-bond acceptors (Lipinski definition) is 2. The lowest BCUT2D eigenvalue weighted by molar-refractivity contribution is -0.150. The van der Waals surface area contributed by atoms with Gasteiger partial charge in [-0.15, -0.1) is 0 Å². The number of allylic oxidation sites excluding steroid dienone is 2. The first-order valence-corrected chi connectivity index (χ1v) is 7.09. The van der Waals surface area contributed by atoms with Crippen LogP contribution in [-0.4, -0.2) is 35.0 Å². The third-order valence-corrected chi connectivity index (χ3v) is 5.02. The lowest BCUT2D eigenvalue weighted by Crippen LogP contribution is -2.42. The van der Waals surface area contributed by atoms with Gasteiger partial charge in [-0.05, 0) is 30.1 Å². The van der Waals surface area contributed by atoms with Crippen LogP contribution in [0.3, 0.4) is 0 Å². The number of carboxylic acid groups (broad SMARTS) is 1. The van der Waals surface area contributed by atoms with E-state index in [2.05, 4.69) is 13.8 Å². The molecule has 1 saturated carbocycles. The van der Waals surface area contributed by atoms with Crippen LogP contribution in [-0.2, 0) is 9.59 Å². The number of amides is 1. The molecule has 2 bridgehead atoms. The minimum atomic E-state index is -0.811. The summed E-state index contributed by atoms with van der Waals surface area (Å²) in [6.45, 7) is 5.86. The number of hydrogen-bond donors (Lipinski definition) is 1. The molecule has 4 nitrogen and oxygen atoms in total. The van der Waals surface area contributed by atoms with Crippen molar-refractivity contribution < 1.29 is 14.7 Å². The van der Waals surface area contributed by atoms with E-state index in [0.717, 1.165) is 25.9 Å². The Kier molecular flexibility index (Phi) is 2.73. The topological polar surface area (TPSA) is 57.6 Å². The van der Waals surface area contributed by atoms with Gasteiger partial charge in [-0.1, -0.05) is 26.0 Å². The van der Waals surface area contributed by atoms with Crippen LogP contribution in [0.5, 0.6) is 0 Å². The molecule has 104 valence electrons. The van der Waals surface area contributed by atoms with Gasteiger partial charge < -0.3 is 10.0 Å². The molecule has 4 heteroatoms. The summed E-state index contributed by atoms with van der Waals surface area (Å²) in [5.74, 6) is -1.38. The van der Waals surface area contributed by atoms with E-state index in [4.69, 9.17) is 0 Å². The fraction of sp³-hybridized carbons (Fsp3) is 0.733. The summed E-state index contributed by atoms with van der Waals surface area (Å²) in [5, 5.41) is 9.40. The molecule has 0 aromatic carbocycles. The van der Waals surface area contributed by atoms with Crippen LogP contribution < -0.4 is 0 Å². The van der Waals surface area contributed by atoms with Gasteiger partial charge in [0.1, 0.15) is 0 Å². The van der Waals surface area contributed by atoms with Crippen molar-refractivity contribution in [2.24, 2.45) is 29.1 Å². The van der Waals surface area contributed by atoms with E-state index in [1.807, 2.05) is 17.1 Å². The summed E-state index contributed by atoms with van der Waals surface area (Å²) >= 11 is 0. The van der Waals surface area contributed by atoms with Gasteiger partial charge in [-0.2, -0.15) is 0 Å². The van der Waals surface area contributed by atoms with E-state index in [9.17, 15) is 14.7 Å². The molecule has 0 radical (unpaired) electrons. The van der Waals surface area contributed by atoms with Crippen LogP contribution in [0.1, 0.15) is 26.7 Å². The van der Waals surface area contributed by atoms with Crippen molar-refractivity contribution >= 4 is 11.9 Å². The molecule has 1 heterocycles. The fourth-order valence-electron chi connectivity index (χ4n) is 4.01.